The maximum atomic E-state index is 11.0. The van der Waals surface area contributed by atoms with Crippen LogP contribution in [-0.2, 0) is 0 Å². The molecule has 1 heterocycles. The van der Waals surface area contributed by atoms with E-state index in [0.29, 0.717) is 10.9 Å². The Labute approximate surface area is 87.1 Å². The third kappa shape index (κ3) is 1.48. The lowest BCUT2D eigenvalue weighted by Gasteiger charge is -2.06. The molecule has 0 unspecified atom stereocenters. The molecular formula is C11H12N2O2. The summed E-state index contributed by atoms with van der Waals surface area (Å²) >= 11 is 0. The van der Waals surface area contributed by atoms with Crippen LogP contribution in [0.3, 0.4) is 0 Å². The molecule has 2 rings (SSSR count). The fourth-order valence-corrected chi connectivity index (χ4v) is 1.67. The molecule has 15 heavy (non-hydrogen) atoms. The van der Waals surface area contributed by atoms with Gasteiger partial charge in [-0.25, -0.2) is 4.79 Å². The highest BCUT2D eigenvalue weighted by Crippen LogP contribution is 2.21. The monoisotopic (exact) mass is 204 g/mol. The molecule has 0 saturated carbocycles. The Morgan fingerprint density at radius 2 is 2.20 bits per heavy atom. The van der Waals surface area contributed by atoms with Crippen LogP contribution in [0.1, 0.15) is 30.2 Å². The topological polar surface area (TPSA) is 55.1 Å². The molecule has 4 heteroatoms. The van der Waals surface area contributed by atoms with E-state index in [1.807, 2.05) is 24.6 Å². The van der Waals surface area contributed by atoms with Gasteiger partial charge in [0, 0.05) is 11.4 Å². The second-order valence-electron chi connectivity index (χ2n) is 3.73. The van der Waals surface area contributed by atoms with E-state index in [1.54, 1.807) is 18.3 Å². The van der Waals surface area contributed by atoms with Crippen molar-refractivity contribution in [3.8, 4) is 0 Å². The summed E-state index contributed by atoms with van der Waals surface area (Å²) in [5.74, 6) is -0.913. The summed E-state index contributed by atoms with van der Waals surface area (Å²) in [5, 5.41) is 13.9. The van der Waals surface area contributed by atoms with Gasteiger partial charge < -0.3 is 5.11 Å². The van der Waals surface area contributed by atoms with Crippen molar-refractivity contribution in [1.29, 1.82) is 0 Å². The van der Waals surface area contributed by atoms with Crippen molar-refractivity contribution in [3.63, 3.8) is 0 Å². The van der Waals surface area contributed by atoms with Crippen LogP contribution in [-0.4, -0.2) is 20.9 Å². The molecule has 0 aliphatic heterocycles. The zero-order valence-corrected chi connectivity index (χ0v) is 8.64. The number of fused-ring (bicyclic) bond motifs is 1. The molecule has 0 amide bonds. The first-order valence-corrected chi connectivity index (χ1v) is 4.81. The van der Waals surface area contributed by atoms with E-state index in [2.05, 4.69) is 5.10 Å². The lowest BCUT2D eigenvalue weighted by atomic mass is 10.1. The van der Waals surface area contributed by atoms with Crippen molar-refractivity contribution in [2.75, 3.05) is 0 Å². The van der Waals surface area contributed by atoms with Gasteiger partial charge in [0.1, 0.15) is 0 Å². The molecular weight excluding hydrogens is 192 g/mol. The van der Waals surface area contributed by atoms with Crippen molar-refractivity contribution in [2.45, 2.75) is 19.9 Å². The number of hydrogen-bond acceptors (Lipinski definition) is 2. The third-order valence-electron chi connectivity index (χ3n) is 2.36. The smallest absolute Gasteiger partial charge is 0.336 e. The largest absolute Gasteiger partial charge is 0.478 e. The number of rotatable bonds is 2. The minimum absolute atomic E-state index is 0.228. The van der Waals surface area contributed by atoms with Gasteiger partial charge >= 0.3 is 5.97 Å². The Morgan fingerprint density at radius 1 is 1.47 bits per heavy atom. The van der Waals surface area contributed by atoms with Gasteiger partial charge in [-0.05, 0) is 26.0 Å². The van der Waals surface area contributed by atoms with Crippen LogP contribution in [0.2, 0.25) is 0 Å². The Hall–Kier alpha value is -1.84. The highest BCUT2D eigenvalue weighted by atomic mass is 16.4. The summed E-state index contributed by atoms with van der Waals surface area (Å²) in [5.41, 5.74) is 1.17. The average molecular weight is 204 g/mol. The van der Waals surface area contributed by atoms with Crippen LogP contribution >= 0.6 is 0 Å². The van der Waals surface area contributed by atoms with Crippen molar-refractivity contribution >= 4 is 16.9 Å². The van der Waals surface area contributed by atoms with Crippen LogP contribution < -0.4 is 0 Å². The van der Waals surface area contributed by atoms with Crippen LogP contribution in [0.5, 0.6) is 0 Å². The maximum absolute atomic E-state index is 11.0. The molecule has 0 spiro atoms. The number of hydrogen-bond donors (Lipinski definition) is 1. The summed E-state index contributed by atoms with van der Waals surface area (Å²) < 4.78 is 1.82. The van der Waals surface area contributed by atoms with Crippen LogP contribution in [0, 0.1) is 0 Å². The molecule has 1 aromatic heterocycles. The van der Waals surface area contributed by atoms with Crippen LogP contribution in [0.25, 0.3) is 10.9 Å². The predicted octanol–water partition coefficient (Wildman–Crippen LogP) is 2.32. The van der Waals surface area contributed by atoms with E-state index >= 15 is 0 Å². The van der Waals surface area contributed by atoms with Crippen molar-refractivity contribution in [3.05, 3.63) is 30.0 Å². The lowest BCUT2D eigenvalue weighted by molar-refractivity contribution is 0.0699. The summed E-state index contributed by atoms with van der Waals surface area (Å²) in [6.45, 7) is 4.03. The van der Waals surface area contributed by atoms with Gasteiger partial charge in [0.25, 0.3) is 0 Å². The third-order valence-corrected chi connectivity index (χ3v) is 2.36. The standard InChI is InChI=1S/C11H12N2O2/c1-7(2)13-10-5-3-4-8(11(14)15)9(10)6-12-13/h3-7H,1-2H3,(H,14,15). The van der Waals surface area contributed by atoms with Gasteiger partial charge in [0.2, 0.25) is 0 Å². The molecule has 1 aromatic carbocycles. The average Bonchev–Trinajstić information content (AvgIpc) is 2.59. The van der Waals surface area contributed by atoms with Gasteiger partial charge in [0.15, 0.2) is 0 Å². The SMILES string of the molecule is CC(C)n1ncc2c(C(=O)O)cccc21. The zero-order valence-electron chi connectivity index (χ0n) is 8.64. The summed E-state index contributed by atoms with van der Waals surface area (Å²) in [4.78, 5) is 11.0. The fourth-order valence-electron chi connectivity index (χ4n) is 1.67. The van der Waals surface area contributed by atoms with Crippen LogP contribution in [0.4, 0.5) is 0 Å². The highest BCUT2D eigenvalue weighted by Gasteiger charge is 2.12. The Morgan fingerprint density at radius 3 is 2.80 bits per heavy atom. The lowest BCUT2D eigenvalue weighted by Crippen LogP contribution is -2.02. The molecule has 0 aliphatic carbocycles. The van der Waals surface area contributed by atoms with Crippen LogP contribution in [0.15, 0.2) is 24.4 Å². The van der Waals surface area contributed by atoms with Crippen molar-refractivity contribution < 1.29 is 9.90 Å². The second kappa shape index (κ2) is 3.38. The second-order valence-corrected chi connectivity index (χ2v) is 3.73. The van der Waals surface area contributed by atoms with E-state index < -0.39 is 5.97 Å². The first kappa shape index (κ1) is 9.71. The number of nitrogens with zero attached hydrogens (tertiary/aromatic N) is 2. The molecule has 4 nitrogen and oxygen atoms in total. The molecule has 2 aromatic rings. The van der Waals surface area contributed by atoms with Gasteiger partial charge in [0.05, 0.1) is 17.3 Å². The first-order chi connectivity index (χ1) is 7.11. The first-order valence-electron chi connectivity index (χ1n) is 4.81. The summed E-state index contributed by atoms with van der Waals surface area (Å²) in [6.07, 6.45) is 1.61. The molecule has 0 bridgehead atoms. The number of aromatic nitrogens is 2. The van der Waals surface area contributed by atoms with Crippen molar-refractivity contribution in [1.82, 2.24) is 9.78 Å². The Bertz CT molecular complexity index is 514. The van der Waals surface area contributed by atoms with Gasteiger partial charge in [-0.3, -0.25) is 4.68 Å². The minimum Gasteiger partial charge on any atom is -0.478 e. The van der Waals surface area contributed by atoms with Gasteiger partial charge in [-0.2, -0.15) is 5.10 Å². The molecule has 0 atom stereocenters. The highest BCUT2D eigenvalue weighted by molar-refractivity contribution is 6.02. The number of aromatic carboxylic acids is 1. The maximum Gasteiger partial charge on any atom is 0.336 e. The number of carboxylic acid groups (broad SMARTS) is 1. The minimum atomic E-state index is -0.913. The Kier molecular flexibility index (Phi) is 2.19. The quantitative estimate of drug-likeness (QED) is 0.816. The molecule has 0 saturated heterocycles. The number of carbonyl (C=O) groups is 1. The predicted molar refractivity (Wildman–Crippen MR) is 57.1 cm³/mol. The van der Waals surface area contributed by atoms with Gasteiger partial charge in [-0.1, -0.05) is 6.07 Å². The summed E-state index contributed by atoms with van der Waals surface area (Å²) in [7, 11) is 0. The number of benzene rings is 1. The molecule has 0 radical (unpaired) electrons. The summed E-state index contributed by atoms with van der Waals surface area (Å²) in [6, 6.07) is 5.45. The molecule has 0 aliphatic rings. The Balaban J connectivity index is 2.74. The van der Waals surface area contributed by atoms with E-state index in [4.69, 9.17) is 5.11 Å². The van der Waals surface area contributed by atoms with Crippen molar-refractivity contribution in [2.24, 2.45) is 0 Å². The zero-order chi connectivity index (χ0) is 11.0. The molecule has 0 fully saturated rings. The fraction of sp³-hybridized carbons (Fsp3) is 0.273. The van der Waals surface area contributed by atoms with Gasteiger partial charge in [-0.15, -0.1) is 0 Å². The molecule has 78 valence electrons. The molecule has 1 N–H and O–H groups in total. The van der Waals surface area contributed by atoms with E-state index in [9.17, 15) is 4.79 Å². The van der Waals surface area contributed by atoms with E-state index in [1.165, 1.54) is 0 Å². The van der Waals surface area contributed by atoms with E-state index in [-0.39, 0.29) is 6.04 Å². The normalized spacial score (nSPS) is 11.1. The van der Waals surface area contributed by atoms with E-state index in [0.717, 1.165) is 5.52 Å². The number of carboxylic acids is 1.